The zero-order valence-electron chi connectivity index (χ0n) is 8.50. The molecule has 0 saturated carbocycles. The number of aliphatic hydroxyl groups excluding tert-OH is 4. The Morgan fingerprint density at radius 2 is 1.43 bits per heavy atom. The largest absolute Gasteiger partial charge is 0.400 e. The Kier molecular flexibility index (Phi) is 24.7. The third-order valence-electron chi connectivity index (χ3n) is 1.33. The van der Waals surface area contributed by atoms with Crippen LogP contribution in [-0.4, -0.2) is 52.9 Å². The first-order valence-electron chi connectivity index (χ1n) is 4.17. The van der Waals surface area contributed by atoms with Crippen molar-refractivity contribution in [2.75, 3.05) is 20.3 Å². The zero-order valence-corrected chi connectivity index (χ0v) is 8.50. The topological polar surface area (TPSA) is 107 Å². The minimum atomic E-state index is -0.839. The van der Waals surface area contributed by atoms with Gasteiger partial charge in [-0.05, 0) is 19.4 Å². The Morgan fingerprint density at radius 3 is 1.71 bits per heavy atom. The Bertz CT molecular complexity index is 98.2. The van der Waals surface area contributed by atoms with Gasteiger partial charge in [-0.1, -0.05) is 0 Å². The summed E-state index contributed by atoms with van der Waals surface area (Å²) in [5, 5.41) is 33.3. The van der Waals surface area contributed by atoms with Gasteiger partial charge in [-0.15, -0.1) is 12.8 Å². The lowest BCUT2D eigenvalue weighted by atomic mass is 10.1. The normalized spacial score (nSPS) is 12.6. The molecule has 0 heterocycles. The highest BCUT2D eigenvalue weighted by Gasteiger charge is 2.13. The van der Waals surface area contributed by atoms with E-state index < -0.39 is 12.2 Å². The van der Waals surface area contributed by atoms with Gasteiger partial charge >= 0.3 is 0 Å². The highest BCUT2D eigenvalue weighted by molar-refractivity contribution is 4.66. The van der Waals surface area contributed by atoms with E-state index in [-0.39, 0.29) is 13.0 Å². The summed E-state index contributed by atoms with van der Waals surface area (Å²) >= 11 is 0. The molecule has 0 spiro atoms. The average molecular weight is 207 g/mol. The smallest absolute Gasteiger partial charge is 0.0821 e. The second kappa shape index (κ2) is 18.2. The van der Waals surface area contributed by atoms with Crippen LogP contribution in [0.25, 0.3) is 0 Å². The summed E-state index contributed by atoms with van der Waals surface area (Å²) < 4.78 is 0. The third kappa shape index (κ3) is 13.9. The molecule has 0 aliphatic heterocycles. The van der Waals surface area contributed by atoms with E-state index in [1.807, 2.05) is 0 Å². The molecule has 0 aromatic heterocycles. The van der Waals surface area contributed by atoms with Crippen molar-refractivity contribution in [2.24, 2.45) is 5.73 Å². The SMILES string of the molecule is C#C.CO.NCCC(O)C(O)CCO. The number of terminal acetylenes is 1. The van der Waals surface area contributed by atoms with Crippen molar-refractivity contribution in [1.82, 2.24) is 0 Å². The molecule has 0 saturated heterocycles. The lowest BCUT2D eigenvalue weighted by Gasteiger charge is -2.15. The summed E-state index contributed by atoms with van der Waals surface area (Å²) in [5.41, 5.74) is 5.13. The van der Waals surface area contributed by atoms with Gasteiger partial charge in [0, 0.05) is 13.7 Å². The Hall–Kier alpha value is -0.640. The minimum Gasteiger partial charge on any atom is -0.400 e. The predicted octanol–water partition coefficient (Wildman–Crippen LogP) is -1.70. The van der Waals surface area contributed by atoms with Gasteiger partial charge in [0.05, 0.1) is 12.2 Å². The highest BCUT2D eigenvalue weighted by atomic mass is 16.3. The first-order valence-corrected chi connectivity index (χ1v) is 4.17. The van der Waals surface area contributed by atoms with Crippen LogP contribution in [0.15, 0.2) is 0 Å². The number of nitrogens with two attached hydrogens (primary N) is 1. The third-order valence-corrected chi connectivity index (χ3v) is 1.33. The molecule has 0 rings (SSSR count). The summed E-state index contributed by atoms with van der Waals surface area (Å²) in [4.78, 5) is 0. The number of hydrogen-bond donors (Lipinski definition) is 5. The summed E-state index contributed by atoms with van der Waals surface area (Å²) in [6, 6.07) is 0. The van der Waals surface area contributed by atoms with E-state index in [0.29, 0.717) is 13.0 Å². The molecule has 2 unspecified atom stereocenters. The molecule has 0 aromatic carbocycles. The second-order valence-corrected chi connectivity index (χ2v) is 2.22. The summed E-state index contributed by atoms with van der Waals surface area (Å²) in [5.74, 6) is 0. The lowest BCUT2D eigenvalue weighted by Crippen LogP contribution is -2.28. The number of rotatable bonds is 5. The van der Waals surface area contributed by atoms with Crippen molar-refractivity contribution < 1.29 is 20.4 Å². The molecule has 86 valence electrons. The van der Waals surface area contributed by atoms with Crippen LogP contribution in [0, 0.1) is 12.8 Å². The van der Waals surface area contributed by atoms with Crippen LogP contribution in [0.3, 0.4) is 0 Å². The van der Waals surface area contributed by atoms with Crippen molar-refractivity contribution >= 4 is 0 Å². The molecule has 0 radical (unpaired) electrons. The quantitative estimate of drug-likeness (QED) is 0.345. The van der Waals surface area contributed by atoms with Gasteiger partial charge in [0.15, 0.2) is 0 Å². The van der Waals surface area contributed by atoms with Crippen LogP contribution >= 0.6 is 0 Å². The van der Waals surface area contributed by atoms with Gasteiger partial charge in [-0.2, -0.15) is 0 Å². The molecule has 0 aliphatic rings. The molecular weight excluding hydrogens is 186 g/mol. The van der Waals surface area contributed by atoms with Crippen LogP contribution < -0.4 is 5.73 Å². The average Bonchev–Trinajstić information content (AvgIpc) is 2.24. The molecule has 5 nitrogen and oxygen atoms in total. The maximum absolute atomic E-state index is 9.01. The molecule has 2 atom stereocenters. The van der Waals surface area contributed by atoms with Crippen LogP contribution in [0.5, 0.6) is 0 Å². The summed E-state index contributed by atoms with van der Waals surface area (Å²) in [6.07, 6.45) is 6.95. The minimum absolute atomic E-state index is 0.108. The van der Waals surface area contributed by atoms with E-state index >= 15 is 0 Å². The van der Waals surface area contributed by atoms with Gasteiger partial charge in [0.25, 0.3) is 0 Å². The van der Waals surface area contributed by atoms with E-state index in [1.165, 1.54) is 0 Å². The van der Waals surface area contributed by atoms with E-state index in [0.717, 1.165) is 7.11 Å². The first-order chi connectivity index (χ1) is 6.72. The van der Waals surface area contributed by atoms with Crippen molar-refractivity contribution in [3.63, 3.8) is 0 Å². The van der Waals surface area contributed by atoms with Crippen molar-refractivity contribution in [3.8, 4) is 12.8 Å². The standard InChI is InChI=1S/C6H15NO3.C2H2.CH4O/c7-3-1-5(9)6(10)2-4-8;2*1-2/h5-6,8-10H,1-4,7H2;1-2H;2H,1H3. The number of hydrogen-bond acceptors (Lipinski definition) is 5. The molecule has 0 bridgehead atoms. The fourth-order valence-corrected chi connectivity index (χ4v) is 0.688. The van der Waals surface area contributed by atoms with Crippen LogP contribution in [0.1, 0.15) is 12.8 Å². The lowest BCUT2D eigenvalue weighted by molar-refractivity contribution is 0.00254. The van der Waals surface area contributed by atoms with E-state index in [2.05, 4.69) is 12.8 Å². The van der Waals surface area contributed by atoms with E-state index in [9.17, 15) is 0 Å². The maximum Gasteiger partial charge on any atom is 0.0821 e. The maximum atomic E-state index is 9.01. The molecule has 5 heteroatoms. The molecule has 0 amide bonds. The Balaban J connectivity index is -0.000000266. The molecule has 0 fully saturated rings. The van der Waals surface area contributed by atoms with E-state index in [4.69, 9.17) is 26.2 Å². The van der Waals surface area contributed by atoms with Crippen molar-refractivity contribution in [3.05, 3.63) is 0 Å². The molecule has 6 N–H and O–H groups in total. The monoisotopic (exact) mass is 207 g/mol. The van der Waals surface area contributed by atoms with E-state index in [1.54, 1.807) is 0 Å². The molecule has 0 aliphatic carbocycles. The van der Waals surface area contributed by atoms with Crippen molar-refractivity contribution in [2.45, 2.75) is 25.0 Å². The highest BCUT2D eigenvalue weighted by Crippen LogP contribution is 2.00. The van der Waals surface area contributed by atoms with Crippen molar-refractivity contribution in [1.29, 1.82) is 0 Å². The molecular formula is C9H21NO4. The van der Waals surface area contributed by atoms with Gasteiger partial charge in [-0.25, -0.2) is 0 Å². The van der Waals surface area contributed by atoms with Gasteiger partial charge in [-0.3, -0.25) is 0 Å². The molecule has 14 heavy (non-hydrogen) atoms. The van der Waals surface area contributed by atoms with Gasteiger partial charge < -0.3 is 26.2 Å². The fraction of sp³-hybridized carbons (Fsp3) is 0.778. The molecule has 0 aromatic rings. The first kappa shape index (κ1) is 19.0. The predicted molar refractivity (Wildman–Crippen MR) is 55.4 cm³/mol. The Morgan fingerprint density at radius 1 is 1.07 bits per heavy atom. The van der Waals surface area contributed by atoms with Crippen LogP contribution in [0.2, 0.25) is 0 Å². The summed E-state index contributed by atoms with van der Waals surface area (Å²) in [7, 11) is 1.00. The van der Waals surface area contributed by atoms with Crippen LogP contribution in [0.4, 0.5) is 0 Å². The van der Waals surface area contributed by atoms with Gasteiger partial charge in [0.1, 0.15) is 0 Å². The fourth-order valence-electron chi connectivity index (χ4n) is 0.688. The Labute approximate surface area is 85.2 Å². The summed E-state index contributed by atoms with van der Waals surface area (Å²) in [6.45, 7) is 0.243. The zero-order chi connectivity index (χ0) is 12.0. The van der Waals surface area contributed by atoms with Gasteiger partial charge in [0.2, 0.25) is 0 Å². The number of aliphatic hydroxyl groups is 4. The second-order valence-electron chi connectivity index (χ2n) is 2.22. The van der Waals surface area contributed by atoms with Crippen LogP contribution in [-0.2, 0) is 0 Å².